The normalized spacial score (nSPS) is 12.9. The van der Waals surface area contributed by atoms with Crippen molar-refractivity contribution >= 4 is 17.6 Å². The lowest BCUT2D eigenvalue weighted by Crippen LogP contribution is -2.51. The van der Waals surface area contributed by atoms with E-state index in [0.717, 1.165) is 5.56 Å². The Balaban J connectivity index is 2.04. The summed E-state index contributed by atoms with van der Waals surface area (Å²) in [5, 5.41) is 19.8. The molecule has 0 saturated carbocycles. The number of aromatic amines is 1. The largest absolute Gasteiger partial charge is 0.479 e. The van der Waals surface area contributed by atoms with Crippen LogP contribution < -0.4 is 4.90 Å². The van der Waals surface area contributed by atoms with Gasteiger partial charge in [-0.1, -0.05) is 48.5 Å². The van der Waals surface area contributed by atoms with Crippen molar-refractivity contribution in [2.24, 2.45) is 0 Å². The first kappa shape index (κ1) is 18.4. The summed E-state index contributed by atoms with van der Waals surface area (Å²) in [6.07, 6.45) is 1.70. The van der Waals surface area contributed by atoms with Crippen molar-refractivity contribution in [3.8, 4) is 0 Å². The van der Waals surface area contributed by atoms with Crippen LogP contribution in [0.4, 0.5) is 5.69 Å². The number of benzene rings is 2. The highest BCUT2D eigenvalue weighted by atomic mass is 16.4. The standard InChI is InChI=1S/C21H20N2O4/c24-19(21(26)27)18(13-15-7-3-1-4-8-15)23(17-11-12-22-14-17)20(25)16-9-5-2-6-10-16/h1-12,14,18-19,22,24H,13H2,(H,26,27)/t18-,19-/m1/s1. The van der Waals surface area contributed by atoms with Gasteiger partial charge in [-0.05, 0) is 30.2 Å². The smallest absolute Gasteiger partial charge is 0.334 e. The highest BCUT2D eigenvalue weighted by Crippen LogP contribution is 2.24. The molecule has 3 rings (SSSR count). The fraction of sp³-hybridized carbons (Fsp3) is 0.143. The van der Waals surface area contributed by atoms with Crippen LogP contribution in [0.5, 0.6) is 0 Å². The predicted octanol–water partition coefficient (Wildman–Crippen LogP) is 2.72. The van der Waals surface area contributed by atoms with Crippen molar-refractivity contribution in [2.45, 2.75) is 18.6 Å². The zero-order valence-corrected chi connectivity index (χ0v) is 14.5. The molecule has 6 heteroatoms. The van der Waals surface area contributed by atoms with E-state index in [-0.39, 0.29) is 12.3 Å². The van der Waals surface area contributed by atoms with Gasteiger partial charge in [0.2, 0.25) is 0 Å². The predicted molar refractivity (Wildman–Crippen MR) is 102 cm³/mol. The monoisotopic (exact) mass is 364 g/mol. The molecule has 0 fully saturated rings. The molecule has 138 valence electrons. The molecule has 0 bridgehead atoms. The van der Waals surface area contributed by atoms with Crippen molar-refractivity contribution < 1.29 is 19.8 Å². The summed E-state index contributed by atoms with van der Waals surface area (Å²) >= 11 is 0. The van der Waals surface area contributed by atoms with Crippen LogP contribution in [-0.4, -0.2) is 39.2 Å². The fourth-order valence-electron chi connectivity index (χ4n) is 3.01. The van der Waals surface area contributed by atoms with Gasteiger partial charge < -0.3 is 20.1 Å². The third kappa shape index (κ3) is 4.24. The maximum Gasteiger partial charge on any atom is 0.334 e. The second-order valence-corrected chi connectivity index (χ2v) is 6.15. The van der Waals surface area contributed by atoms with E-state index in [4.69, 9.17) is 0 Å². The van der Waals surface area contributed by atoms with Gasteiger partial charge in [0.15, 0.2) is 6.10 Å². The Kier molecular flexibility index (Phi) is 5.68. The lowest BCUT2D eigenvalue weighted by molar-refractivity contribution is -0.147. The van der Waals surface area contributed by atoms with Crippen molar-refractivity contribution in [1.29, 1.82) is 0 Å². The van der Waals surface area contributed by atoms with Gasteiger partial charge in [0.1, 0.15) is 0 Å². The summed E-state index contributed by atoms with van der Waals surface area (Å²) in [6, 6.07) is 18.5. The Bertz CT molecular complexity index is 879. The molecule has 0 radical (unpaired) electrons. The van der Waals surface area contributed by atoms with Crippen LogP contribution in [0.1, 0.15) is 15.9 Å². The minimum Gasteiger partial charge on any atom is -0.479 e. The number of nitrogens with one attached hydrogen (secondary N) is 1. The van der Waals surface area contributed by atoms with Gasteiger partial charge in [0, 0.05) is 18.0 Å². The second-order valence-electron chi connectivity index (χ2n) is 6.15. The molecule has 1 heterocycles. The van der Waals surface area contributed by atoms with Crippen LogP contribution in [0.25, 0.3) is 0 Å². The minimum absolute atomic E-state index is 0.193. The number of H-pyrrole nitrogens is 1. The summed E-state index contributed by atoms with van der Waals surface area (Å²) < 4.78 is 0. The zero-order valence-electron chi connectivity index (χ0n) is 14.5. The maximum absolute atomic E-state index is 13.2. The molecule has 3 N–H and O–H groups in total. The Morgan fingerprint density at radius 3 is 2.15 bits per heavy atom. The topological polar surface area (TPSA) is 93.6 Å². The van der Waals surface area contributed by atoms with Crippen LogP contribution in [-0.2, 0) is 11.2 Å². The van der Waals surface area contributed by atoms with Crippen molar-refractivity contribution in [3.63, 3.8) is 0 Å². The molecule has 0 aliphatic carbocycles. The number of aromatic nitrogens is 1. The molecule has 0 spiro atoms. The molecule has 6 nitrogen and oxygen atoms in total. The molecule has 0 unspecified atom stereocenters. The first-order valence-electron chi connectivity index (χ1n) is 8.54. The quantitative estimate of drug-likeness (QED) is 0.601. The maximum atomic E-state index is 13.2. The molecule has 2 aromatic carbocycles. The first-order valence-corrected chi connectivity index (χ1v) is 8.54. The van der Waals surface area contributed by atoms with E-state index < -0.39 is 18.1 Å². The highest BCUT2D eigenvalue weighted by Gasteiger charge is 2.35. The number of nitrogens with zero attached hydrogens (tertiary/aromatic N) is 1. The summed E-state index contributed by atoms with van der Waals surface area (Å²) in [5.74, 6) is -1.76. The Labute approximate surface area is 156 Å². The van der Waals surface area contributed by atoms with E-state index in [1.807, 2.05) is 30.3 Å². The number of carbonyl (C=O) groups excluding carboxylic acids is 1. The van der Waals surface area contributed by atoms with E-state index in [2.05, 4.69) is 4.98 Å². The Morgan fingerprint density at radius 2 is 1.59 bits per heavy atom. The lowest BCUT2D eigenvalue weighted by atomic mass is 9.98. The van der Waals surface area contributed by atoms with E-state index in [9.17, 15) is 19.8 Å². The minimum atomic E-state index is -1.74. The van der Waals surface area contributed by atoms with Crippen molar-refractivity contribution in [1.82, 2.24) is 4.98 Å². The third-order valence-electron chi connectivity index (χ3n) is 4.34. The first-order chi connectivity index (χ1) is 13.1. The molecule has 2 atom stereocenters. The number of anilines is 1. The Morgan fingerprint density at radius 1 is 0.963 bits per heavy atom. The van der Waals surface area contributed by atoms with E-state index in [1.165, 1.54) is 4.90 Å². The third-order valence-corrected chi connectivity index (χ3v) is 4.34. The van der Waals surface area contributed by atoms with Gasteiger partial charge in [-0.25, -0.2) is 4.79 Å². The molecule has 0 aliphatic rings. The van der Waals surface area contributed by atoms with E-state index in [0.29, 0.717) is 11.3 Å². The number of hydrogen-bond acceptors (Lipinski definition) is 3. The van der Waals surface area contributed by atoms with Crippen molar-refractivity contribution in [2.75, 3.05) is 4.90 Å². The zero-order chi connectivity index (χ0) is 19.2. The number of carbonyl (C=O) groups is 2. The molecular weight excluding hydrogens is 344 g/mol. The number of carboxylic acid groups (broad SMARTS) is 1. The average molecular weight is 364 g/mol. The number of hydrogen-bond donors (Lipinski definition) is 3. The summed E-state index contributed by atoms with van der Waals surface area (Å²) in [7, 11) is 0. The Hall–Kier alpha value is -3.38. The van der Waals surface area contributed by atoms with Gasteiger partial charge in [-0.2, -0.15) is 0 Å². The van der Waals surface area contributed by atoms with E-state index >= 15 is 0 Å². The molecule has 27 heavy (non-hydrogen) atoms. The molecular formula is C21H20N2O4. The second kappa shape index (κ2) is 8.33. The number of amides is 1. The van der Waals surface area contributed by atoms with Gasteiger partial charge in [-0.3, -0.25) is 4.79 Å². The number of aliphatic hydroxyl groups is 1. The molecule has 0 saturated heterocycles. The van der Waals surface area contributed by atoms with Crippen LogP contribution in [0, 0.1) is 0 Å². The number of aliphatic hydroxyl groups excluding tert-OH is 1. The van der Waals surface area contributed by atoms with Gasteiger partial charge in [0.25, 0.3) is 5.91 Å². The SMILES string of the molecule is O=C(O)[C@H](O)[C@@H](Cc1ccccc1)N(C(=O)c1ccccc1)c1cc[nH]c1. The number of carboxylic acids is 1. The van der Waals surface area contributed by atoms with Gasteiger partial charge in [-0.15, -0.1) is 0 Å². The highest BCUT2D eigenvalue weighted by molar-refractivity contribution is 6.07. The van der Waals surface area contributed by atoms with E-state index in [1.54, 1.807) is 48.8 Å². The van der Waals surface area contributed by atoms with Crippen LogP contribution in [0.15, 0.2) is 79.1 Å². The van der Waals surface area contributed by atoms with Crippen molar-refractivity contribution in [3.05, 3.63) is 90.3 Å². The molecule has 3 aromatic rings. The number of aliphatic carboxylic acids is 1. The van der Waals surface area contributed by atoms with Gasteiger partial charge in [0.05, 0.1) is 11.7 Å². The molecule has 1 aromatic heterocycles. The number of rotatable bonds is 7. The molecule has 0 aliphatic heterocycles. The van der Waals surface area contributed by atoms with Crippen LogP contribution in [0.3, 0.4) is 0 Å². The summed E-state index contributed by atoms with van der Waals surface area (Å²) in [5.41, 5.74) is 1.73. The lowest BCUT2D eigenvalue weighted by Gasteiger charge is -2.33. The average Bonchev–Trinajstić information content (AvgIpc) is 3.22. The summed E-state index contributed by atoms with van der Waals surface area (Å²) in [6.45, 7) is 0. The van der Waals surface area contributed by atoms with Crippen LogP contribution in [0.2, 0.25) is 0 Å². The molecule has 1 amide bonds. The van der Waals surface area contributed by atoms with Crippen LogP contribution >= 0.6 is 0 Å². The summed E-state index contributed by atoms with van der Waals surface area (Å²) in [4.78, 5) is 29.0. The fourth-order valence-corrected chi connectivity index (χ4v) is 3.01. The van der Waals surface area contributed by atoms with Gasteiger partial charge >= 0.3 is 5.97 Å².